The van der Waals surface area contributed by atoms with Crippen LogP contribution in [0.4, 0.5) is 0 Å². The van der Waals surface area contributed by atoms with Crippen molar-refractivity contribution in [3.8, 4) is 0 Å². The highest BCUT2D eigenvalue weighted by Crippen LogP contribution is 2.16. The largest absolute Gasteiger partial charge is 0.358 e. The lowest BCUT2D eigenvalue weighted by Crippen LogP contribution is -2.47. The van der Waals surface area contributed by atoms with E-state index in [1.165, 1.54) is 0 Å². The van der Waals surface area contributed by atoms with Gasteiger partial charge >= 0.3 is 0 Å². The highest BCUT2D eigenvalue weighted by atomic mass is 16.2. The first-order chi connectivity index (χ1) is 10.2. The van der Waals surface area contributed by atoms with Gasteiger partial charge in [0.15, 0.2) is 0 Å². The van der Waals surface area contributed by atoms with Gasteiger partial charge in [0.1, 0.15) is 0 Å². The van der Waals surface area contributed by atoms with Crippen molar-refractivity contribution in [1.82, 2.24) is 20.9 Å². The molecule has 3 N–H and O–H groups in total. The van der Waals surface area contributed by atoms with Crippen molar-refractivity contribution in [2.75, 3.05) is 39.8 Å². The molecule has 0 bridgehead atoms. The summed E-state index contributed by atoms with van der Waals surface area (Å²) in [5.74, 6) is 0.801. The average Bonchev–Trinajstić information content (AvgIpc) is 2.50. The van der Waals surface area contributed by atoms with Gasteiger partial charge in [-0.2, -0.15) is 0 Å². The highest BCUT2D eigenvalue weighted by molar-refractivity contribution is 5.77. The van der Waals surface area contributed by atoms with Gasteiger partial charge in [0, 0.05) is 32.6 Å². The van der Waals surface area contributed by atoms with Crippen LogP contribution in [-0.2, 0) is 9.59 Å². The SMILES string of the molecule is CNC(=O)CN1CCC(NC(=O)CC2CCNCC2)CC1. The van der Waals surface area contributed by atoms with E-state index in [1.807, 2.05) is 0 Å². The topological polar surface area (TPSA) is 73.5 Å². The van der Waals surface area contributed by atoms with Gasteiger partial charge in [-0.15, -0.1) is 0 Å². The monoisotopic (exact) mass is 296 g/mol. The number of rotatable bonds is 5. The molecular weight excluding hydrogens is 268 g/mol. The summed E-state index contributed by atoms with van der Waals surface area (Å²) in [4.78, 5) is 25.6. The maximum absolute atomic E-state index is 12.1. The Morgan fingerprint density at radius 3 is 2.38 bits per heavy atom. The summed E-state index contributed by atoms with van der Waals surface area (Å²) < 4.78 is 0. The summed E-state index contributed by atoms with van der Waals surface area (Å²) in [5.41, 5.74) is 0. The summed E-state index contributed by atoms with van der Waals surface area (Å²) in [6, 6.07) is 0.278. The zero-order chi connectivity index (χ0) is 15.1. The van der Waals surface area contributed by atoms with Crippen LogP contribution in [0.1, 0.15) is 32.1 Å². The van der Waals surface area contributed by atoms with E-state index >= 15 is 0 Å². The second-order valence-electron chi connectivity index (χ2n) is 6.19. The molecule has 6 heteroatoms. The Balaban J connectivity index is 1.63. The van der Waals surface area contributed by atoms with Crippen LogP contribution in [0.2, 0.25) is 0 Å². The number of piperidine rings is 2. The molecular formula is C15H28N4O2. The van der Waals surface area contributed by atoms with E-state index in [9.17, 15) is 9.59 Å². The lowest BCUT2D eigenvalue weighted by molar-refractivity contribution is -0.124. The molecule has 0 radical (unpaired) electrons. The van der Waals surface area contributed by atoms with Gasteiger partial charge in [-0.3, -0.25) is 14.5 Å². The predicted molar refractivity (Wildman–Crippen MR) is 81.9 cm³/mol. The van der Waals surface area contributed by atoms with E-state index in [2.05, 4.69) is 20.9 Å². The van der Waals surface area contributed by atoms with Gasteiger partial charge in [0.05, 0.1) is 6.54 Å². The zero-order valence-electron chi connectivity index (χ0n) is 13.0. The van der Waals surface area contributed by atoms with Crippen molar-refractivity contribution in [3.05, 3.63) is 0 Å². The molecule has 2 heterocycles. The molecule has 0 aliphatic carbocycles. The lowest BCUT2D eigenvalue weighted by atomic mass is 9.94. The number of nitrogens with one attached hydrogen (secondary N) is 3. The standard InChI is InChI=1S/C15H28N4O2/c1-16-15(21)11-19-8-4-13(5-9-19)18-14(20)10-12-2-6-17-7-3-12/h12-13,17H,2-11H2,1H3,(H,16,21)(H,18,20). The van der Waals surface area contributed by atoms with E-state index in [0.717, 1.165) is 51.9 Å². The molecule has 2 saturated heterocycles. The van der Waals surface area contributed by atoms with Crippen LogP contribution >= 0.6 is 0 Å². The Morgan fingerprint density at radius 1 is 1.10 bits per heavy atom. The number of nitrogens with zero attached hydrogens (tertiary/aromatic N) is 1. The molecule has 0 spiro atoms. The van der Waals surface area contributed by atoms with Crippen molar-refractivity contribution in [3.63, 3.8) is 0 Å². The van der Waals surface area contributed by atoms with Crippen LogP contribution < -0.4 is 16.0 Å². The van der Waals surface area contributed by atoms with Crippen LogP contribution in [0.25, 0.3) is 0 Å². The third-order valence-electron chi connectivity index (χ3n) is 4.53. The number of hydrogen-bond acceptors (Lipinski definition) is 4. The van der Waals surface area contributed by atoms with Gasteiger partial charge in [-0.25, -0.2) is 0 Å². The van der Waals surface area contributed by atoms with E-state index in [-0.39, 0.29) is 17.9 Å². The van der Waals surface area contributed by atoms with Crippen molar-refractivity contribution in [2.45, 2.75) is 38.1 Å². The molecule has 0 aromatic heterocycles. The summed E-state index contributed by atoms with van der Waals surface area (Å²) in [7, 11) is 1.66. The average molecular weight is 296 g/mol. The Hall–Kier alpha value is -1.14. The van der Waals surface area contributed by atoms with E-state index in [0.29, 0.717) is 18.9 Å². The van der Waals surface area contributed by atoms with Crippen molar-refractivity contribution >= 4 is 11.8 Å². The normalized spacial score (nSPS) is 22.0. The second-order valence-corrected chi connectivity index (χ2v) is 6.19. The number of hydrogen-bond donors (Lipinski definition) is 3. The fourth-order valence-electron chi connectivity index (χ4n) is 3.15. The van der Waals surface area contributed by atoms with Crippen molar-refractivity contribution in [2.24, 2.45) is 5.92 Å². The molecule has 2 aliphatic heterocycles. The number of likely N-dealkylation sites (tertiary alicyclic amines) is 1. The fraction of sp³-hybridized carbons (Fsp3) is 0.867. The van der Waals surface area contributed by atoms with Gasteiger partial charge in [-0.1, -0.05) is 0 Å². The Kier molecular flexibility index (Phi) is 6.45. The second kappa shape index (κ2) is 8.34. The number of amides is 2. The molecule has 6 nitrogen and oxygen atoms in total. The Bertz CT molecular complexity index is 348. The molecule has 2 aliphatic rings. The first kappa shape index (κ1) is 16.2. The lowest BCUT2D eigenvalue weighted by Gasteiger charge is -2.32. The smallest absolute Gasteiger partial charge is 0.233 e. The highest BCUT2D eigenvalue weighted by Gasteiger charge is 2.23. The van der Waals surface area contributed by atoms with Crippen molar-refractivity contribution in [1.29, 1.82) is 0 Å². The molecule has 0 saturated carbocycles. The fourth-order valence-corrected chi connectivity index (χ4v) is 3.15. The molecule has 21 heavy (non-hydrogen) atoms. The van der Waals surface area contributed by atoms with Crippen LogP contribution in [0.3, 0.4) is 0 Å². The third-order valence-corrected chi connectivity index (χ3v) is 4.53. The summed E-state index contributed by atoms with van der Waals surface area (Å²) in [6.07, 6.45) is 4.76. The quantitative estimate of drug-likeness (QED) is 0.651. The predicted octanol–water partition coefficient (Wildman–Crippen LogP) is -0.297. The van der Waals surface area contributed by atoms with Gasteiger partial charge in [0.2, 0.25) is 11.8 Å². The maximum atomic E-state index is 12.1. The minimum Gasteiger partial charge on any atom is -0.358 e. The molecule has 0 atom stereocenters. The number of carbonyl (C=O) groups excluding carboxylic acids is 2. The number of likely N-dealkylation sites (N-methyl/N-ethyl adjacent to an activating group) is 1. The van der Waals surface area contributed by atoms with E-state index in [1.54, 1.807) is 7.05 Å². The Labute approximate surface area is 127 Å². The molecule has 2 amide bonds. The summed E-state index contributed by atoms with van der Waals surface area (Å²) >= 11 is 0. The van der Waals surface area contributed by atoms with Gasteiger partial charge < -0.3 is 16.0 Å². The van der Waals surface area contributed by atoms with E-state index < -0.39 is 0 Å². The van der Waals surface area contributed by atoms with Gasteiger partial charge in [0.25, 0.3) is 0 Å². The molecule has 0 aromatic rings. The third kappa shape index (κ3) is 5.63. The maximum Gasteiger partial charge on any atom is 0.233 e. The van der Waals surface area contributed by atoms with Crippen LogP contribution in [-0.4, -0.2) is 62.5 Å². The molecule has 120 valence electrons. The minimum absolute atomic E-state index is 0.0587. The first-order valence-electron chi connectivity index (χ1n) is 8.10. The van der Waals surface area contributed by atoms with Crippen LogP contribution in [0.15, 0.2) is 0 Å². The number of carbonyl (C=O) groups is 2. The molecule has 2 fully saturated rings. The van der Waals surface area contributed by atoms with Crippen LogP contribution in [0.5, 0.6) is 0 Å². The molecule has 2 rings (SSSR count). The zero-order valence-corrected chi connectivity index (χ0v) is 13.0. The summed E-state index contributed by atoms with van der Waals surface area (Å²) in [6.45, 7) is 4.30. The summed E-state index contributed by atoms with van der Waals surface area (Å²) in [5, 5.41) is 9.14. The van der Waals surface area contributed by atoms with E-state index in [4.69, 9.17) is 0 Å². The minimum atomic E-state index is 0.0587. The first-order valence-corrected chi connectivity index (χ1v) is 8.10. The molecule has 0 aromatic carbocycles. The van der Waals surface area contributed by atoms with Crippen LogP contribution in [0, 0.1) is 5.92 Å². The molecule has 0 unspecified atom stereocenters. The Morgan fingerprint density at radius 2 is 1.76 bits per heavy atom. The van der Waals surface area contributed by atoms with Crippen molar-refractivity contribution < 1.29 is 9.59 Å². The van der Waals surface area contributed by atoms with Gasteiger partial charge in [-0.05, 0) is 44.7 Å².